The van der Waals surface area contributed by atoms with E-state index in [9.17, 15) is 14.7 Å². The molecule has 116 valence electrons. The van der Waals surface area contributed by atoms with Gasteiger partial charge in [0.2, 0.25) is 0 Å². The molecular weight excluding hydrogens is 306 g/mol. The van der Waals surface area contributed by atoms with E-state index in [0.717, 1.165) is 0 Å². The number of fused-ring (bicyclic) bond motifs is 3. The third-order valence-corrected chi connectivity index (χ3v) is 4.54. The molecular formula is C16H15ClNO4-. The molecule has 0 bridgehead atoms. The standard InChI is InChI=1S/C16H16ClNO4/c1-2-22-16(21)13-9-5-3-4-8(9)12-10(15(19)20)6-7-11(17)14(12)18-13/h3-4,6-9,13,18H,2,5H2,1H3,(H,19,20)/p-1/t8-,9+,13-/m0/s1. The maximum Gasteiger partial charge on any atom is 0.328 e. The van der Waals surface area contributed by atoms with E-state index >= 15 is 0 Å². The Hall–Kier alpha value is -2.01. The predicted octanol–water partition coefficient (Wildman–Crippen LogP) is 1.72. The van der Waals surface area contributed by atoms with Crippen molar-refractivity contribution in [3.05, 3.63) is 40.4 Å². The van der Waals surface area contributed by atoms with Crippen molar-refractivity contribution < 1.29 is 19.4 Å². The van der Waals surface area contributed by atoms with Gasteiger partial charge in [-0.15, -0.1) is 0 Å². The number of carboxylic acids is 1. The molecule has 1 N–H and O–H groups in total. The first kappa shape index (κ1) is 14.9. The van der Waals surface area contributed by atoms with E-state index < -0.39 is 12.0 Å². The molecule has 0 aromatic heterocycles. The fourth-order valence-electron chi connectivity index (χ4n) is 3.32. The van der Waals surface area contributed by atoms with Gasteiger partial charge in [-0.2, -0.15) is 0 Å². The van der Waals surface area contributed by atoms with Crippen LogP contribution in [0.4, 0.5) is 5.69 Å². The number of ether oxygens (including phenoxy) is 1. The van der Waals surface area contributed by atoms with Crippen LogP contribution in [0, 0.1) is 5.92 Å². The molecule has 0 unspecified atom stereocenters. The minimum atomic E-state index is -1.25. The van der Waals surface area contributed by atoms with Crippen molar-refractivity contribution in [2.75, 3.05) is 11.9 Å². The van der Waals surface area contributed by atoms with Crippen LogP contribution in [0.3, 0.4) is 0 Å². The van der Waals surface area contributed by atoms with Gasteiger partial charge in [0.25, 0.3) is 0 Å². The molecule has 0 saturated heterocycles. The van der Waals surface area contributed by atoms with Crippen molar-refractivity contribution >= 4 is 29.2 Å². The summed E-state index contributed by atoms with van der Waals surface area (Å²) in [5.74, 6) is -1.86. The summed E-state index contributed by atoms with van der Waals surface area (Å²) in [4.78, 5) is 23.6. The van der Waals surface area contributed by atoms with E-state index in [1.807, 2.05) is 12.2 Å². The molecule has 3 atom stereocenters. The number of carboxylic acid groups (broad SMARTS) is 1. The van der Waals surface area contributed by atoms with Crippen LogP contribution in [0.1, 0.15) is 35.2 Å². The van der Waals surface area contributed by atoms with Crippen LogP contribution in [0.2, 0.25) is 5.02 Å². The predicted molar refractivity (Wildman–Crippen MR) is 79.8 cm³/mol. The van der Waals surface area contributed by atoms with Gasteiger partial charge in [0.05, 0.1) is 23.3 Å². The van der Waals surface area contributed by atoms with Crippen LogP contribution in [-0.4, -0.2) is 24.6 Å². The van der Waals surface area contributed by atoms with Crippen molar-refractivity contribution in [3.8, 4) is 0 Å². The second-order valence-electron chi connectivity index (χ2n) is 5.40. The lowest BCUT2D eigenvalue weighted by molar-refractivity contribution is -0.255. The van der Waals surface area contributed by atoms with Crippen LogP contribution in [0.15, 0.2) is 24.3 Å². The molecule has 5 nitrogen and oxygen atoms in total. The molecule has 0 amide bonds. The number of carbonyl (C=O) groups is 2. The van der Waals surface area contributed by atoms with Crippen molar-refractivity contribution in [3.63, 3.8) is 0 Å². The molecule has 0 fully saturated rings. The number of anilines is 1. The summed E-state index contributed by atoms with van der Waals surface area (Å²) in [6.45, 7) is 2.04. The summed E-state index contributed by atoms with van der Waals surface area (Å²) in [6, 6.07) is 2.41. The first-order chi connectivity index (χ1) is 10.5. The first-order valence-corrected chi connectivity index (χ1v) is 7.56. The highest BCUT2D eigenvalue weighted by Crippen LogP contribution is 2.48. The molecule has 1 aliphatic carbocycles. The lowest BCUT2D eigenvalue weighted by atomic mass is 9.77. The van der Waals surface area contributed by atoms with Crippen molar-refractivity contribution in [2.24, 2.45) is 5.92 Å². The van der Waals surface area contributed by atoms with Gasteiger partial charge in [-0.05, 0) is 25.0 Å². The first-order valence-electron chi connectivity index (χ1n) is 7.18. The highest BCUT2D eigenvalue weighted by Gasteiger charge is 2.43. The molecule has 0 saturated carbocycles. The smallest absolute Gasteiger partial charge is 0.328 e. The Morgan fingerprint density at radius 2 is 2.23 bits per heavy atom. The number of allylic oxidation sites excluding steroid dienone is 2. The number of esters is 1. The number of aromatic carboxylic acids is 1. The fraction of sp³-hybridized carbons (Fsp3) is 0.375. The number of benzene rings is 1. The molecule has 1 aliphatic heterocycles. The lowest BCUT2D eigenvalue weighted by Gasteiger charge is -2.37. The maximum atomic E-state index is 12.2. The number of carbonyl (C=O) groups excluding carboxylic acids is 2. The summed E-state index contributed by atoms with van der Waals surface area (Å²) < 4.78 is 5.12. The van der Waals surface area contributed by atoms with E-state index in [4.69, 9.17) is 16.3 Å². The molecule has 1 heterocycles. The van der Waals surface area contributed by atoms with Crippen LogP contribution in [0.25, 0.3) is 0 Å². The summed E-state index contributed by atoms with van der Waals surface area (Å²) in [6.07, 6.45) is 4.57. The van der Waals surface area contributed by atoms with Gasteiger partial charge < -0.3 is 20.0 Å². The Kier molecular flexibility index (Phi) is 3.83. The van der Waals surface area contributed by atoms with Crippen molar-refractivity contribution in [1.29, 1.82) is 0 Å². The van der Waals surface area contributed by atoms with E-state index in [1.54, 1.807) is 6.92 Å². The minimum Gasteiger partial charge on any atom is -0.545 e. The highest BCUT2D eigenvalue weighted by atomic mass is 35.5. The van der Waals surface area contributed by atoms with E-state index in [-0.39, 0.29) is 23.4 Å². The largest absolute Gasteiger partial charge is 0.545 e. The quantitative estimate of drug-likeness (QED) is 0.677. The summed E-state index contributed by atoms with van der Waals surface area (Å²) in [5.41, 5.74) is 1.18. The van der Waals surface area contributed by atoms with E-state index in [0.29, 0.717) is 29.3 Å². The molecule has 2 aliphatic rings. The van der Waals surface area contributed by atoms with Crippen LogP contribution in [0.5, 0.6) is 0 Å². The number of nitrogens with one attached hydrogen (secondary N) is 1. The van der Waals surface area contributed by atoms with Gasteiger partial charge >= 0.3 is 5.97 Å². The zero-order valence-electron chi connectivity index (χ0n) is 12.0. The maximum absolute atomic E-state index is 12.2. The normalized spacial score (nSPS) is 25.1. The number of halogens is 1. The highest BCUT2D eigenvalue weighted by molar-refractivity contribution is 6.33. The Balaban J connectivity index is 2.11. The van der Waals surface area contributed by atoms with Crippen LogP contribution < -0.4 is 10.4 Å². The third-order valence-electron chi connectivity index (χ3n) is 4.23. The van der Waals surface area contributed by atoms with Gasteiger partial charge in [0.15, 0.2) is 0 Å². The number of rotatable bonds is 3. The molecule has 1 aromatic carbocycles. The Morgan fingerprint density at radius 3 is 2.91 bits per heavy atom. The summed E-state index contributed by atoms with van der Waals surface area (Å²) >= 11 is 6.20. The zero-order chi connectivity index (χ0) is 15.9. The van der Waals surface area contributed by atoms with Crippen molar-refractivity contribution in [1.82, 2.24) is 0 Å². The second kappa shape index (κ2) is 5.65. The average molecular weight is 321 g/mol. The lowest BCUT2D eigenvalue weighted by Crippen LogP contribution is -2.44. The topological polar surface area (TPSA) is 78.5 Å². The number of hydrogen-bond donors (Lipinski definition) is 1. The summed E-state index contributed by atoms with van der Waals surface area (Å²) in [5, 5.41) is 14.9. The molecule has 3 rings (SSSR count). The van der Waals surface area contributed by atoms with Gasteiger partial charge in [-0.3, -0.25) is 0 Å². The molecule has 22 heavy (non-hydrogen) atoms. The molecule has 1 aromatic rings. The van der Waals surface area contributed by atoms with Gasteiger partial charge in [-0.25, -0.2) is 4.79 Å². The van der Waals surface area contributed by atoms with Gasteiger partial charge in [-0.1, -0.05) is 29.8 Å². The van der Waals surface area contributed by atoms with Crippen LogP contribution in [-0.2, 0) is 9.53 Å². The van der Waals surface area contributed by atoms with Crippen molar-refractivity contribution in [2.45, 2.75) is 25.3 Å². The molecule has 6 heteroatoms. The SMILES string of the molecule is CCOC(=O)[C@H]1Nc2c(Cl)ccc(C(=O)[O-])c2[C@H]2C=CC[C@@H]12. The minimum absolute atomic E-state index is 0.0804. The van der Waals surface area contributed by atoms with Crippen LogP contribution >= 0.6 is 11.6 Å². The Labute approximate surface area is 132 Å². The Morgan fingerprint density at radius 1 is 1.45 bits per heavy atom. The van der Waals surface area contributed by atoms with Gasteiger partial charge in [0.1, 0.15) is 6.04 Å². The van der Waals surface area contributed by atoms with E-state index in [1.165, 1.54) is 12.1 Å². The van der Waals surface area contributed by atoms with Gasteiger partial charge in [0, 0.05) is 17.4 Å². The zero-order valence-corrected chi connectivity index (χ0v) is 12.7. The number of hydrogen-bond acceptors (Lipinski definition) is 5. The monoisotopic (exact) mass is 320 g/mol. The Bertz CT molecular complexity index is 670. The molecule has 0 spiro atoms. The molecule has 0 radical (unpaired) electrons. The summed E-state index contributed by atoms with van der Waals surface area (Å²) in [7, 11) is 0. The second-order valence-corrected chi connectivity index (χ2v) is 5.81. The fourth-order valence-corrected chi connectivity index (χ4v) is 3.54. The third kappa shape index (κ3) is 2.25. The van der Waals surface area contributed by atoms with E-state index in [2.05, 4.69) is 5.32 Å². The average Bonchev–Trinajstić information content (AvgIpc) is 2.96.